The van der Waals surface area contributed by atoms with Crippen molar-refractivity contribution in [2.24, 2.45) is 0 Å². The summed E-state index contributed by atoms with van der Waals surface area (Å²) in [4.78, 5) is 40.4. The van der Waals surface area contributed by atoms with Gasteiger partial charge >= 0.3 is 6.03 Å². The lowest BCUT2D eigenvalue weighted by atomic mass is 9.92. The van der Waals surface area contributed by atoms with Gasteiger partial charge in [-0.2, -0.15) is 0 Å². The van der Waals surface area contributed by atoms with Crippen molar-refractivity contribution >= 4 is 17.8 Å². The van der Waals surface area contributed by atoms with Gasteiger partial charge in [0.05, 0.1) is 0 Å². The molecule has 4 amide bonds. The van der Waals surface area contributed by atoms with Crippen LogP contribution in [0, 0.1) is 6.92 Å². The molecule has 1 atom stereocenters. The number of urea groups is 1. The molecule has 1 aliphatic heterocycles. The molecule has 1 N–H and O–H groups in total. The first-order valence-corrected chi connectivity index (χ1v) is 8.81. The van der Waals surface area contributed by atoms with Crippen LogP contribution in [0.5, 0.6) is 0 Å². The van der Waals surface area contributed by atoms with E-state index in [-0.39, 0.29) is 12.5 Å². The normalized spacial score (nSPS) is 19.1. The van der Waals surface area contributed by atoms with E-state index in [0.717, 1.165) is 16.0 Å². The lowest BCUT2D eigenvalue weighted by Gasteiger charge is -2.23. The van der Waals surface area contributed by atoms with Crippen molar-refractivity contribution < 1.29 is 14.4 Å². The first-order chi connectivity index (χ1) is 12.8. The van der Waals surface area contributed by atoms with Crippen LogP contribution in [0.15, 0.2) is 54.6 Å². The van der Waals surface area contributed by atoms with Gasteiger partial charge in [0.15, 0.2) is 0 Å². The standard InChI is InChI=1S/C21H23N3O3/c1-15-9-7-8-10-16(15)13-23(3)18(25)14-24-19(26)21(2,22-20(24)27)17-11-5-4-6-12-17/h4-12H,13-14H2,1-3H3,(H,22,27). The van der Waals surface area contributed by atoms with Gasteiger partial charge in [0, 0.05) is 13.6 Å². The Morgan fingerprint density at radius 3 is 2.37 bits per heavy atom. The molecule has 3 rings (SSSR count). The van der Waals surface area contributed by atoms with Crippen LogP contribution in [0.1, 0.15) is 23.6 Å². The minimum absolute atomic E-state index is 0.282. The van der Waals surface area contributed by atoms with E-state index in [1.165, 1.54) is 4.90 Å². The number of carbonyl (C=O) groups excluding carboxylic acids is 3. The first kappa shape index (κ1) is 18.6. The zero-order valence-electron chi connectivity index (χ0n) is 15.7. The second kappa shape index (κ2) is 7.23. The van der Waals surface area contributed by atoms with E-state index in [1.807, 2.05) is 49.4 Å². The monoisotopic (exact) mass is 365 g/mol. The Kier molecular flexibility index (Phi) is 4.99. The van der Waals surface area contributed by atoms with Crippen LogP contribution in [-0.2, 0) is 21.7 Å². The third-order valence-corrected chi connectivity index (χ3v) is 5.01. The highest BCUT2D eigenvalue weighted by atomic mass is 16.2. The van der Waals surface area contributed by atoms with E-state index in [4.69, 9.17) is 0 Å². The number of nitrogens with one attached hydrogen (secondary N) is 1. The van der Waals surface area contributed by atoms with Gasteiger partial charge in [0.25, 0.3) is 5.91 Å². The Balaban J connectivity index is 1.72. The molecule has 0 saturated carbocycles. The van der Waals surface area contributed by atoms with Crippen LogP contribution in [0.2, 0.25) is 0 Å². The second-order valence-corrected chi connectivity index (χ2v) is 6.99. The van der Waals surface area contributed by atoms with Crippen LogP contribution in [0.3, 0.4) is 0 Å². The Morgan fingerprint density at radius 2 is 1.70 bits per heavy atom. The molecule has 6 heteroatoms. The number of hydrogen-bond donors (Lipinski definition) is 1. The first-order valence-electron chi connectivity index (χ1n) is 8.81. The van der Waals surface area contributed by atoms with Crippen molar-refractivity contribution in [1.29, 1.82) is 0 Å². The second-order valence-electron chi connectivity index (χ2n) is 6.99. The van der Waals surface area contributed by atoms with Gasteiger partial charge in [-0.1, -0.05) is 54.6 Å². The average molecular weight is 365 g/mol. The molecule has 0 spiro atoms. The van der Waals surface area contributed by atoms with Gasteiger partial charge in [0.2, 0.25) is 5.91 Å². The Labute approximate surface area is 158 Å². The number of imide groups is 1. The van der Waals surface area contributed by atoms with Crippen molar-refractivity contribution in [3.05, 3.63) is 71.3 Å². The molecule has 140 valence electrons. The molecule has 0 aromatic heterocycles. The molecule has 6 nitrogen and oxygen atoms in total. The summed E-state index contributed by atoms with van der Waals surface area (Å²) in [6.07, 6.45) is 0. The fraction of sp³-hybridized carbons (Fsp3) is 0.286. The predicted octanol–water partition coefficient (Wildman–Crippen LogP) is 2.42. The third kappa shape index (κ3) is 3.56. The zero-order valence-corrected chi connectivity index (χ0v) is 15.7. The van der Waals surface area contributed by atoms with E-state index < -0.39 is 17.5 Å². The quantitative estimate of drug-likeness (QED) is 0.828. The van der Waals surface area contributed by atoms with Gasteiger partial charge in [-0.3, -0.25) is 14.5 Å². The van der Waals surface area contributed by atoms with Crippen LogP contribution in [0.4, 0.5) is 4.79 Å². The lowest BCUT2D eigenvalue weighted by Crippen LogP contribution is -2.43. The van der Waals surface area contributed by atoms with Crippen molar-refractivity contribution in [3.8, 4) is 0 Å². The van der Waals surface area contributed by atoms with Crippen LogP contribution in [-0.4, -0.2) is 41.2 Å². The SMILES string of the molecule is Cc1ccccc1CN(C)C(=O)CN1C(=O)NC(C)(c2ccccc2)C1=O. The predicted molar refractivity (Wildman–Crippen MR) is 102 cm³/mol. The fourth-order valence-electron chi connectivity index (χ4n) is 3.19. The lowest BCUT2D eigenvalue weighted by molar-refractivity contribution is -0.138. The number of rotatable bonds is 5. The molecule has 27 heavy (non-hydrogen) atoms. The van der Waals surface area contributed by atoms with Crippen molar-refractivity contribution in [3.63, 3.8) is 0 Å². The smallest absolute Gasteiger partial charge is 0.325 e. The van der Waals surface area contributed by atoms with Crippen LogP contribution < -0.4 is 5.32 Å². The number of amides is 4. The van der Waals surface area contributed by atoms with Gasteiger partial charge in [-0.25, -0.2) is 4.79 Å². The zero-order chi connectivity index (χ0) is 19.6. The van der Waals surface area contributed by atoms with Gasteiger partial charge in [-0.05, 0) is 30.5 Å². The summed E-state index contributed by atoms with van der Waals surface area (Å²) in [5.41, 5.74) is 1.64. The van der Waals surface area contributed by atoms with E-state index in [0.29, 0.717) is 12.1 Å². The molecule has 1 saturated heterocycles. The van der Waals surface area contributed by atoms with E-state index in [1.54, 1.807) is 26.1 Å². The highest BCUT2D eigenvalue weighted by Gasteiger charge is 2.49. The highest BCUT2D eigenvalue weighted by Crippen LogP contribution is 2.28. The number of likely N-dealkylation sites (N-methyl/N-ethyl adjacent to an activating group) is 1. The maximum Gasteiger partial charge on any atom is 0.325 e. The van der Waals surface area contributed by atoms with Crippen molar-refractivity contribution in [2.45, 2.75) is 25.9 Å². The minimum Gasteiger partial charge on any atom is -0.340 e. The van der Waals surface area contributed by atoms with E-state index in [9.17, 15) is 14.4 Å². The summed E-state index contributed by atoms with van der Waals surface area (Å²) in [7, 11) is 1.67. The molecule has 0 bridgehead atoms. The Hall–Kier alpha value is -3.15. The summed E-state index contributed by atoms with van der Waals surface area (Å²) in [5.74, 6) is -0.713. The molecule has 1 aliphatic rings. The van der Waals surface area contributed by atoms with Crippen LogP contribution in [0.25, 0.3) is 0 Å². The highest BCUT2D eigenvalue weighted by molar-refractivity contribution is 6.09. The number of aryl methyl sites for hydroxylation is 1. The van der Waals surface area contributed by atoms with Crippen molar-refractivity contribution in [2.75, 3.05) is 13.6 Å². The summed E-state index contributed by atoms with van der Waals surface area (Å²) < 4.78 is 0. The molecule has 2 aromatic carbocycles. The molecule has 2 aromatic rings. The van der Waals surface area contributed by atoms with Crippen molar-refractivity contribution in [1.82, 2.24) is 15.1 Å². The molecular formula is C21H23N3O3. The molecule has 1 heterocycles. The van der Waals surface area contributed by atoms with Gasteiger partial charge < -0.3 is 10.2 Å². The largest absolute Gasteiger partial charge is 0.340 e. The molecule has 0 radical (unpaired) electrons. The topological polar surface area (TPSA) is 69.7 Å². The Morgan fingerprint density at radius 1 is 1.07 bits per heavy atom. The summed E-state index contributed by atoms with van der Waals surface area (Å²) in [5, 5.41) is 2.72. The van der Waals surface area contributed by atoms with E-state index in [2.05, 4.69) is 5.32 Å². The minimum atomic E-state index is -1.16. The van der Waals surface area contributed by atoms with Crippen LogP contribution >= 0.6 is 0 Å². The molecular weight excluding hydrogens is 342 g/mol. The average Bonchev–Trinajstić information content (AvgIpc) is 2.88. The summed E-state index contributed by atoms with van der Waals surface area (Å²) in [6, 6.07) is 16.3. The summed E-state index contributed by atoms with van der Waals surface area (Å²) in [6.45, 7) is 3.78. The maximum absolute atomic E-state index is 12.9. The Bertz CT molecular complexity index is 881. The van der Waals surface area contributed by atoms with Gasteiger partial charge in [0.1, 0.15) is 12.1 Å². The fourth-order valence-corrected chi connectivity index (χ4v) is 3.19. The number of hydrogen-bond acceptors (Lipinski definition) is 3. The number of benzene rings is 2. The third-order valence-electron chi connectivity index (χ3n) is 5.01. The van der Waals surface area contributed by atoms with E-state index >= 15 is 0 Å². The molecule has 1 unspecified atom stereocenters. The molecule has 0 aliphatic carbocycles. The van der Waals surface area contributed by atoms with Gasteiger partial charge in [-0.15, -0.1) is 0 Å². The number of nitrogens with zero attached hydrogens (tertiary/aromatic N) is 2. The number of carbonyl (C=O) groups is 3. The maximum atomic E-state index is 12.9. The summed E-state index contributed by atoms with van der Waals surface area (Å²) >= 11 is 0. The molecule has 1 fully saturated rings.